The third-order valence-corrected chi connectivity index (χ3v) is 3.64. The van der Waals surface area contributed by atoms with E-state index < -0.39 is 0 Å². The number of nitrogens with zero attached hydrogens (tertiary/aromatic N) is 1. The molecule has 1 aromatic carbocycles. The van der Waals surface area contributed by atoms with Crippen LogP contribution < -0.4 is 10.6 Å². The second kappa shape index (κ2) is 7.30. The maximum Gasteiger partial charge on any atom is 0.0511 e. The van der Waals surface area contributed by atoms with Crippen molar-refractivity contribution in [1.82, 2.24) is 0 Å². The Balaban J connectivity index is 3.01. The Morgan fingerprint density at radius 2 is 1.58 bits per heavy atom. The first-order valence-electron chi connectivity index (χ1n) is 7.11. The minimum atomic E-state index is 0.0778. The van der Waals surface area contributed by atoms with Crippen molar-refractivity contribution in [2.75, 3.05) is 18.0 Å². The number of rotatable bonds is 6. The Labute approximate surface area is 126 Å². The van der Waals surface area contributed by atoms with E-state index >= 15 is 0 Å². The van der Waals surface area contributed by atoms with E-state index in [0.717, 1.165) is 17.6 Å². The summed E-state index contributed by atoms with van der Waals surface area (Å²) in [6, 6.07) is 6.55. The smallest absolute Gasteiger partial charge is 0.0511 e. The van der Waals surface area contributed by atoms with Crippen LogP contribution >= 0.6 is 15.9 Å². The third-order valence-electron chi connectivity index (χ3n) is 3.01. The Bertz CT molecular complexity index is 390. The van der Waals surface area contributed by atoms with Gasteiger partial charge in [0.15, 0.2) is 0 Å². The number of benzene rings is 1. The minimum absolute atomic E-state index is 0.0778. The summed E-state index contributed by atoms with van der Waals surface area (Å²) < 4.78 is 1.14. The van der Waals surface area contributed by atoms with Gasteiger partial charge < -0.3 is 10.6 Å². The average molecular weight is 327 g/mol. The fourth-order valence-corrected chi connectivity index (χ4v) is 2.86. The van der Waals surface area contributed by atoms with Crippen LogP contribution in [0.4, 0.5) is 5.69 Å². The van der Waals surface area contributed by atoms with Crippen molar-refractivity contribution in [2.45, 2.75) is 40.7 Å². The fraction of sp³-hybridized carbons (Fsp3) is 0.625. The summed E-state index contributed by atoms with van der Waals surface area (Å²) >= 11 is 3.70. The lowest BCUT2D eigenvalue weighted by Crippen LogP contribution is -2.31. The molecule has 2 N–H and O–H groups in total. The van der Waals surface area contributed by atoms with Gasteiger partial charge in [-0.15, -0.1) is 0 Å². The van der Waals surface area contributed by atoms with Gasteiger partial charge in [0.2, 0.25) is 0 Å². The average Bonchev–Trinajstić information content (AvgIpc) is 2.26. The predicted molar refractivity (Wildman–Crippen MR) is 88.6 cm³/mol. The van der Waals surface area contributed by atoms with Crippen LogP contribution in [0.25, 0.3) is 0 Å². The van der Waals surface area contributed by atoms with E-state index in [-0.39, 0.29) is 6.04 Å². The van der Waals surface area contributed by atoms with E-state index in [4.69, 9.17) is 5.73 Å². The second-order valence-electron chi connectivity index (χ2n) is 6.19. The molecule has 0 saturated carbocycles. The van der Waals surface area contributed by atoms with Crippen molar-refractivity contribution in [3.63, 3.8) is 0 Å². The molecule has 108 valence electrons. The highest BCUT2D eigenvalue weighted by Gasteiger charge is 2.14. The monoisotopic (exact) mass is 326 g/mol. The fourth-order valence-electron chi connectivity index (χ4n) is 2.22. The Hall–Kier alpha value is -0.540. The van der Waals surface area contributed by atoms with Crippen molar-refractivity contribution >= 4 is 21.6 Å². The molecule has 0 amide bonds. The first-order chi connectivity index (χ1) is 8.81. The summed E-state index contributed by atoms with van der Waals surface area (Å²) in [4.78, 5) is 2.46. The third kappa shape index (κ3) is 5.15. The Kier molecular flexibility index (Phi) is 6.34. The lowest BCUT2D eigenvalue weighted by atomic mass is 10.1. The molecule has 0 spiro atoms. The first-order valence-corrected chi connectivity index (χ1v) is 7.90. The largest absolute Gasteiger partial charge is 0.370 e. The molecule has 0 saturated heterocycles. The summed E-state index contributed by atoms with van der Waals surface area (Å²) in [6.45, 7) is 13.2. The highest BCUT2D eigenvalue weighted by Crippen LogP contribution is 2.30. The van der Waals surface area contributed by atoms with Gasteiger partial charge in [0.1, 0.15) is 0 Å². The number of nitrogens with two attached hydrogens (primary N) is 1. The van der Waals surface area contributed by atoms with Crippen molar-refractivity contribution < 1.29 is 0 Å². The standard InChI is InChI=1S/C16H27BrN2/c1-11(2)9-19(10-12(3)4)16-7-6-14(13(5)18)8-15(16)17/h6-8,11-13H,9-10,18H2,1-5H3. The van der Waals surface area contributed by atoms with E-state index in [9.17, 15) is 0 Å². The molecule has 0 radical (unpaired) electrons. The van der Waals surface area contributed by atoms with Gasteiger partial charge in [0.05, 0.1) is 5.69 Å². The van der Waals surface area contributed by atoms with Crippen LogP contribution in [-0.2, 0) is 0 Å². The van der Waals surface area contributed by atoms with Crippen LogP contribution in [0.15, 0.2) is 22.7 Å². The Morgan fingerprint density at radius 1 is 1.05 bits per heavy atom. The molecule has 1 rings (SSSR count). The molecular weight excluding hydrogens is 300 g/mol. The molecule has 2 nitrogen and oxygen atoms in total. The maximum atomic E-state index is 5.94. The molecule has 1 atom stereocenters. The quantitative estimate of drug-likeness (QED) is 0.828. The Morgan fingerprint density at radius 3 is 1.95 bits per heavy atom. The van der Waals surface area contributed by atoms with Crippen LogP contribution in [0, 0.1) is 11.8 Å². The SMILES string of the molecule is CC(C)CN(CC(C)C)c1ccc(C(C)N)cc1Br. The number of halogens is 1. The van der Waals surface area contributed by atoms with Gasteiger partial charge in [-0.25, -0.2) is 0 Å². The zero-order chi connectivity index (χ0) is 14.6. The zero-order valence-corrected chi connectivity index (χ0v) is 14.4. The molecule has 0 bridgehead atoms. The lowest BCUT2D eigenvalue weighted by molar-refractivity contribution is 0.552. The van der Waals surface area contributed by atoms with Gasteiger partial charge in [0, 0.05) is 23.6 Å². The lowest BCUT2D eigenvalue weighted by Gasteiger charge is -2.29. The number of anilines is 1. The zero-order valence-electron chi connectivity index (χ0n) is 12.8. The summed E-state index contributed by atoms with van der Waals surface area (Å²) in [5.41, 5.74) is 8.38. The highest BCUT2D eigenvalue weighted by molar-refractivity contribution is 9.10. The molecule has 0 heterocycles. The van der Waals surface area contributed by atoms with Crippen LogP contribution in [0.1, 0.15) is 46.2 Å². The summed E-state index contributed by atoms with van der Waals surface area (Å²) in [6.07, 6.45) is 0. The van der Waals surface area contributed by atoms with Gasteiger partial charge in [0.25, 0.3) is 0 Å². The molecule has 19 heavy (non-hydrogen) atoms. The van der Waals surface area contributed by atoms with Gasteiger partial charge in [-0.3, -0.25) is 0 Å². The van der Waals surface area contributed by atoms with E-state index in [1.54, 1.807) is 0 Å². The van der Waals surface area contributed by atoms with Crippen LogP contribution in [0.5, 0.6) is 0 Å². The maximum absolute atomic E-state index is 5.94. The van der Waals surface area contributed by atoms with Gasteiger partial charge in [-0.05, 0) is 52.4 Å². The molecule has 3 heteroatoms. The van der Waals surface area contributed by atoms with Crippen LogP contribution in [0.2, 0.25) is 0 Å². The number of hydrogen-bond acceptors (Lipinski definition) is 2. The molecular formula is C16H27BrN2. The number of hydrogen-bond donors (Lipinski definition) is 1. The van der Waals surface area contributed by atoms with Crippen molar-refractivity contribution in [3.05, 3.63) is 28.2 Å². The van der Waals surface area contributed by atoms with Crippen molar-refractivity contribution in [1.29, 1.82) is 0 Å². The predicted octanol–water partition coefficient (Wildman–Crippen LogP) is 4.59. The van der Waals surface area contributed by atoms with E-state index in [0.29, 0.717) is 11.8 Å². The van der Waals surface area contributed by atoms with E-state index in [2.05, 4.69) is 66.7 Å². The summed E-state index contributed by atoms with van der Waals surface area (Å²) in [5, 5.41) is 0. The van der Waals surface area contributed by atoms with Gasteiger partial charge >= 0.3 is 0 Å². The molecule has 1 unspecified atom stereocenters. The van der Waals surface area contributed by atoms with Crippen LogP contribution in [0.3, 0.4) is 0 Å². The van der Waals surface area contributed by atoms with E-state index in [1.165, 1.54) is 11.3 Å². The first kappa shape index (κ1) is 16.5. The molecule has 0 aromatic heterocycles. The molecule has 0 aliphatic carbocycles. The minimum Gasteiger partial charge on any atom is -0.370 e. The molecule has 1 aromatic rings. The molecule has 0 aliphatic heterocycles. The summed E-state index contributed by atoms with van der Waals surface area (Å²) in [5.74, 6) is 1.30. The van der Waals surface area contributed by atoms with Crippen molar-refractivity contribution in [3.8, 4) is 0 Å². The van der Waals surface area contributed by atoms with Crippen molar-refractivity contribution in [2.24, 2.45) is 17.6 Å². The van der Waals surface area contributed by atoms with Gasteiger partial charge in [-0.2, -0.15) is 0 Å². The highest BCUT2D eigenvalue weighted by atomic mass is 79.9. The topological polar surface area (TPSA) is 29.3 Å². The molecule has 0 aliphatic rings. The van der Waals surface area contributed by atoms with Gasteiger partial charge in [-0.1, -0.05) is 33.8 Å². The van der Waals surface area contributed by atoms with Crippen LogP contribution in [-0.4, -0.2) is 13.1 Å². The summed E-state index contributed by atoms with van der Waals surface area (Å²) in [7, 11) is 0. The molecule has 0 fully saturated rings. The van der Waals surface area contributed by atoms with E-state index in [1.807, 2.05) is 6.92 Å². The normalized spacial score (nSPS) is 13.1. The second-order valence-corrected chi connectivity index (χ2v) is 7.05.